The molecule has 1 aliphatic carbocycles. The molecular formula is C18H24FN3O2. The lowest BCUT2D eigenvalue weighted by atomic mass is 9.91. The van der Waals surface area contributed by atoms with E-state index in [1.807, 2.05) is 6.92 Å². The summed E-state index contributed by atoms with van der Waals surface area (Å²) in [7, 11) is 0. The van der Waals surface area contributed by atoms with Gasteiger partial charge in [-0.2, -0.15) is 0 Å². The van der Waals surface area contributed by atoms with Crippen LogP contribution in [0.1, 0.15) is 38.2 Å². The van der Waals surface area contributed by atoms with Crippen molar-refractivity contribution in [3.05, 3.63) is 35.6 Å². The highest BCUT2D eigenvalue weighted by molar-refractivity contribution is 5.94. The molecule has 5 nitrogen and oxygen atoms in total. The molecule has 1 saturated heterocycles. The van der Waals surface area contributed by atoms with Crippen molar-refractivity contribution in [2.24, 2.45) is 5.73 Å². The lowest BCUT2D eigenvalue weighted by Crippen LogP contribution is -2.52. The molecular weight excluding hydrogens is 309 g/mol. The highest BCUT2D eigenvalue weighted by atomic mass is 19.1. The van der Waals surface area contributed by atoms with Gasteiger partial charge in [0.1, 0.15) is 5.82 Å². The molecule has 3 N–H and O–H groups in total. The van der Waals surface area contributed by atoms with Crippen LogP contribution in [0.3, 0.4) is 0 Å². The summed E-state index contributed by atoms with van der Waals surface area (Å²) in [5, 5.41) is 2.70. The first-order valence-electron chi connectivity index (χ1n) is 8.44. The van der Waals surface area contributed by atoms with Crippen LogP contribution in [0.15, 0.2) is 24.3 Å². The number of hydrogen-bond acceptors (Lipinski definition) is 3. The Morgan fingerprint density at radius 1 is 1.21 bits per heavy atom. The molecule has 6 heteroatoms. The van der Waals surface area contributed by atoms with Crippen molar-refractivity contribution in [1.29, 1.82) is 0 Å². The van der Waals surface area contributed by atoms with Crippen molar-refractivity contribution in [2.75, 3.05) is 19.6 Å². The smallest absolute Gasteiger partial charge is 0.241 e. The molecule has 2 fully saturated rings. The maximum atomic E-state index is 14.0. The van der Waals surface area contributed by atoms with Crippen LogP contribution in [0.4, 0.5) is 4.39 Å². The number of carbonyl (C=O) groups excluding carboxylic acids is 2. The van der Waals surface area contributed by atoms with E-state index in [0.717, 1.165) is 12.8 Å². The van der Waals surface area contributed by atoms with Gasteiger partial charge in [0.05, 0.1) is 12.0 Å². The minimum atomic E-state index is -0.802. The molecule has 0 radical (unpaired) electrons. The molecule has 130 valence electrons. The van der Waals surface area contributed by atoms with Gasteiger partial charge in [0.15, 0.2) is 0 Å². The summed E-state index contributed by atoms with van der Waals surface area (Å²) in [6, 6.07) is 6.36. The van der Waals surface area contributed by atoms with Crippen LogP contribution in [0, 0.1) is 5.82 Å². The molecule has 1 saturated carbocycles. The Morgan fingerprint density at radius 2 is 1.83 bits per heavy atom. The molecule has 2 amide bonds. The Morgan fingerprint density at radius 3 is 2.42 bits per heavy atom. The second-order valence-electron chi connectivity index (χ2n) is 7.28. The Labute approximate surface area is 141 Å². The van der Waals surface area contributed by atoms with Gasteiger partial charge in [0.25, 0.3) is 0 Å². The molecule has 0 atom stereocenters. The van der Waals surface area contributed by atoms with Crippen LogP contribution in [0.5, 0.6) is 0 Å². The third-order valence-electron chi connectivity index (χ3n) is 5.23. The molecule has 24 heavy (non-hydrogen) atoms. The molecule has 0 aromatic heterocycles. The summed E-state index contributed by atoms with van der Waals surface area (Å²) < 4.78 is 14.0. The summed E-state index contributed by atoms with van der Waals surface area (Å²) in [5.41, 5.74) is 5.46. The Hall–Kier alpha value is -1.95. The van der Waals surface area contributed by atoms with E-state index in [1.165, 1.54) is 6.07 Å². The van der Waals surface area contributed by atoms with E-state index in [2.05, 4.69) is 5.32 Å². The fourth-order valence-corrected chi connectivity index (χ4v) is 3.30. The highest BCUT2D eigenvalue weighted by Gasteiger charge is 2.52. The fraction of sp³-hybridized carbons (Fsp3) is 0.556. The van der Waals surface area contributed by atoms with Crippen molar-refractivity contribution >= 4 is 11.8 Å². The van der Waals surface area contributed by atoms with E-state index in [9.17, 15) is 14.0 Å². The minimum Gasteiger partial charge on any atom is -0.346 e. The molecule has 0 unspecified atom stereocenters. The largest absolute Gasteiger partial charge is 0.346 e. The summed E-state index contributed by atoms with van der Waals surface area (Å²) in [5.74, 6) is -0.737. The first-order chi connectivity index (χ1) is 11.3. The fourth-order valence-electron chi connectivity index (χ4n) is 3.30. The van der Waals surface area contributed by atoms with Crippen molar-refractivity contribution in [1.82, 2.24) is 10.2 Å². The zero-order chi connectivity index (χ0) is 17.4. The Bertz CT molecular complexity index is 645. The number of nitrogens with one attached hydrogen (secondary N) is 1. The van der Waals surface area contributed by atoms with Gasteiger partial charge in [-0.1, -0.05) is 18.2 Å². The summed E-state index contributed by atoms with van der Waals surface area (Å²) in [4.78, 5) is 26.5. The number of piperidine rings is 1. The van der Waals surface area contributed by atoms with Gasteiger partial charge in [0.2, 0.25) is 11.8 Å². The maximum Gasteiger partial charge on any atom is 0.241 e. The minimum absolute atomic E-state index is 0.0453. The molecule has 3 rings (SSSR count). The molecule has 0 spiro atoms. The van der Waals surface area contributed by atoms with Gasteiger partial charge in [-0.05, 0) is 38.7 Å². The van der Waals surface area contributed by atoms with Crippen LogP contribution in [-0.4, -0.2) is 41.9 Å². The molecule has 2 aliphatic rings. The predicted octanol–water partition coefficient (Wildman–Crippen LogP) is 1.31. The number of nitrogens with two attached hydrogens (primary N) is 1. The average molecular weight is 333 g/mol. The second-order valence-corrected chi connectivity index (χ2v) is 7.28. The number of amides is 2. The van der Waals surface area contributed by atoms with Crippen molar-refractivity contribution in [3.63, 3.8) is 0 Å². The van der Waals surface area contributed by atoms with Crippen molar-refractivity contribution < 1.29 is 14.0 Å². The SMILES string of the molecule is CC1(N)CCN(C(=O)CNC(=O)C2(c3ccccc3F)CC2)CC1. The number of carbonyl (C=O) groups is 2. The van der Waals surface area contributed by atoms with Crippen molar-refractivity contribution in [2.45, 2.75) is 43.6 Å². The molecule has 1 heterocycles. The summed E-state index contributed by atoms with van der Waals surface area (Å²) in [6.07, 6.45) is 2.74. The number of nitrogens with zero attached hydrogens (tertiary/aromatic N) is 1. The van der Waals surface area contributed by atoms with E-state index >= 15 is 0 Å². The van der Waals surface area contributed by atoms with Crippen LogP contribution >= 0.6 is 0 Å². The predicted molar refractivity (Wildman–Crippen MR) is 88.7 cm³/mol. The second kappa shape index (κ2) is 6.16. The van der Waals surface area contributed by atoms with E-state index in [-0.39, 0.29) is 29.7 Å². The van der Waals surface area contributed by atoms with Gasteiger partial charge in [-0.15, -0.1) is 0 Å². The maximum absolute atomic E-state index is 14.0. The number of halogens is 1. The molecule has 0 bridgehead atoms. The standard InChI is InChI=1S/C18H24FN3O2/c1-17(20)8-10-22(11-9-17)15(23)12-21-16(24)18(6-7-18)13-4-2-3-5-14(13)19/h2-5H,6-12,20H2,1H3,(H,21,24). The molecule has 1 aromatic carbocycles. The normalized spacial score (nSPS) is 21.2. The summed E-state index contributed by atoms with van der Waals surface area (Å²) >= 11 is 0. The third kappa shape index (κ3) is 3.29. The van der Waals surface area contributed by atoms with E-state index in [4.69, 9.17) is 5.73 Å². The topological polar surface area (TPSA) is 75.4 Å². The Balaban J connectivity index is 1.56. The molecule has 1 aliphatic heterocycles. The number of hydrogen-bond donors (Lipinski definition) is 2. The number of likely N-dealkylation sites (tertiary alicyclic amines) is 1. The Kier molecular flexibility index (Phi) is 4.34. The van der Waals surface area contributed by atoms with Crippen molar-refractivity contribution in [3.8, 4) is 0 Å². The first kappa shape index (κ1) is 16.9. The lowest BCUT2D eigenvalue weighted by molar-refractivity contribution is -0.134. The lowest BCUT2D eigenvalue weighted by Gasteiger charge is -2.36. The number of rotatable bonds is 4. The zero-order valence-corrected chi connectivity index (χ0v) is 14.0. The van der Waals surface area contributed by atoms with E-state index < -0.39 is 5.41 Å². The summed E-state index contributed by atoms with van der Waals surface area (Å²) in [6.45, 7) is 3.17. The van der Waals surface area contributed by atoms with Gasteiger partial charge in [-0.3, -0.25) is 9.59 Å². The van der Waals surface area contributed by atoms with Gasteiger partial charge in [0, 0.05) is 24.2 Å². The first-order valence-corrected chi connectivity index (χ1v) is 8.44. The monoisotopic (exact) mass is 333 g/mol. The van der Waals surface area contributed by atoms with E-state index in [1.54, 1.807) is 23.1 Å². The van der Waals surface area contributed by atoms with Gasteiger partial charge in [-0.25, -0.2) is 4.39 Å². The van der Waals surface area contributed by atoms with Crippen LogP contribution in [0.2, 0.25) is 0 Å². The van der Waals surface area contributed by atoms with Gasteiger partial charge >= 0.3 is 0 Å². The van der Waals surface area contributed by atoms with Gasteiger partial charge < -0.3 is 16.0 Å². The van der Waals surface area contributed by atoms with Crippen LogP contribution < -0.4 is 11.1 Å². The van der Waals surface area contributed by atoms with Crippen LogP contribution in [0.25, 0.3) is 0 Å². The van der Waals surface area contributed by atoms with E-state index in [0.29, 0.717) is 31.5 Å². The third-order valence-corrected chi connectivity index (χ3v) is 5.23. The van der Waals surface area contributed by atoms with Crippen LogP contribution in [-0.2, 0) is 15.0 Å². The number of benzene rings is 1. The molecule has 1 aromatic rings. The quantitative estimate of drug-likeness (QED) is 0.872. The zero-order valence-electron chi connectivity index (χ0n) is 14.0. The average Bonchev–Trinajstić information content (AvgIpc) is 3.34. The highest BCUT2D eigenvalue weighted by Crippen LogP contribution is 2.49.